The number of halogens is 1. The van der Waals surface area contributed by atoms with Crippen LogP contribution in [0.15, 0.2) is 22.7 Å². The van der Waals surface area contributed by atoms with Crippen LogP contribution in [-0.2, 0) is 4.74 Å². The molecule has 1 fully saturated rings. The van der Waals surface area contributed by atoms with E-state index in [1.807, 2.05) is 18.2 Å². The lowest BCUT2D eigenvalue weighted by Gasteiger charge is -2.20. The third kappa shape index (κ3) is 3.94. The largest absolute Gasteiger partial charge is 0.490 e. The van der Waals surface area contributed by atoms with Crippen LogP contribution in [-0.4, -0.2) is 23.4 Å². The Balaban J connectivity index is 2.01. The van der Waals surface area contributed by atoms with Gasteiger partial charge in [-0.2, -0.15) is 0 Å². The Hall–Kier alpha value is -0.580. The minimum Gasteiger partial charge on any atom is -0.490 e. The van der Waals surface area contributed by atoms with Crippen LogP contribution in [0.1, 0.15) is 45.3 Å². The highest BCUT2D eigenvalue weighted by atomic mass is 79.9. The summed E-state index contributed by atoms with van der Waals surface area (Å²) in [6.45, 7) is 6.48. The molecule has 0 saturated carbocycles. The van der Waals surface area contributed by atoms with Gasteiger partial charge in [-0.05, 0) is 45.7 Å². The summed E-state index contributed by atoms with van der Waals surface area (Å²) in [5.41, 5.74) is 0.763. The van der Waals surface area contributed by atoms with Crippen molar-refractivity contribution in [2.24, 2.45) is 0 Å². The molecule has 1 aliphatic heterocycles. The van der Waals surface area contributed by atoms with E-state index in [1.54, 1.807) is 6.92 Å². The lowest BCUT2D eigenvalue weighted by Crippen LogP contribution is -2.24. The third-order valence-electron chi connectivity index (χ3n) is 3.40. The molecule has 1 aliphatic rings. The molecule has 2 atom stereocenters. The summed E-state index contributed by atoms with van der Waals surface area (Å²) in [6.07, 6.45) is 1.67. The first-order valence-corrected chi connectivity index (χ1v) is 7.45. The van der Waals surface area contributed by atoms with E-state index < -0.39 is 6.10 Å². The van der Waals surface area contributed by atoms with Crippen molar-refractivity contribution in [1.82, 2.24) is 0 Å². The molecule has 1 aromatic rings. The number of aliphatic hydroxyl groups is 1. The fourth-order valence-corrected chi connectivity index (χ4v) is 2.70. The van der Waals surface area contributed by atoms with Gasteiger partial charge in [-0.1, -0.05) is 22.0 Å². The maximum absolute atomic E-state index is 9.74. The highest BCUT2D eigenvalue weighted by Gasteiger charge is 2.32. The van der Waals surface area contributed by atoms with Gasteiger partial charge in [0.15, 0.2) is 0 Å². The molecule has 3 nitrogen and oxygen atoms in total. The highest BCUT2D eigenvalue weighted by Crippen LogP contribution is 2.32. The van der Waals surface area contributed by atoms with Gasteiger partial charge in [-0.15, -0.1) is 0 Å². The van der Waals surface area contributed by atoms with Crippen LogP contribution >= 0.6 is 15.9 Å². The van der Waals surface area contributed by atoms with Crippen LogP contribution in [0.2, 0.25) is 0 Å². The Bertz CT molecular complexity index is 443. The van der Waals surface area contributed by atoms with Crippen LogP contribution in [0.5, 0.6) is 5.75 Å². The summed E-state index contributed by atoms with van der Waals surface area (Å²) < 4.78 is 12.7. The van der Waals surface area contributed by atoms with Gasteiger partial charge < -0.3 is 14.6 Å². The molecule has 2 rings (SSSR count). The molecule has 0 amide bonds. The standard InChI is InChI=1S/C15H21BrO3/c1-10(17)13-5-4-11(16)8-14(13)18-9-12-6-7-15(2,3)19-12/h4-5,8,10,12,17H,6-7,9H2,1-3H3/t10-,12?/m1/s1. The molecule has 1 aromatic carbocycles. The van der Waals surface area contributed by atoms with E-state index in [4.69, 9.17) is 9.47 Å². The van der Waals surface area contributed by atoms with Crippen LogP contribution in [0.25, 0.3) is 0 Å². The van der Waals surface area contributed by atoms with Gasteiger partial charge in [0.2, 0.25) is 0 Å². The molecule has 1 saturated heterocycles. The minimum atomic E-state index is -0.538. The number of ether oxygens (including phenoxy) is 2. The van der Waals surface area contributed by atoms with Gasteiger partial charge in [0.05, 0.1) is 17.8 Å². The van der Waals surface area contributed by atoms with Gasteiger partial charge in [0.1, 0.15) is 12.4 Å². The Labute approximate surface area is 123 Å². The number of hydrogen-bond donors (Lipinski definition) is 1. The molecule has 1 N–H and O–H groups in total. The second-order valence-electron chi connectivity index (χ2n) is 5.71. The molecular formula is C15H21BrO3. The van der Waals surface area contributed by atoms with E-state index in [2.05, 4.69) is 29.8 Å². The van der Waals surface area contributed by atoms with Gasteiger partial charge in [0.25, 0.3) is 0 Å². The minimum absolute atomic E-state index is 0.0433. The predicted molar refractivity (Wildman–Crippen MR) is 78.5 cm³/mol. The lowest BCUT2D eigenvalue weighted by atomic mass is 10.1. The fourth-order valence-electron chi connectivity index (χ4n) is 2.36. The quantitative estimate of drug-likeness (QED) is 0.912. The lowest BCUT2D eigenvalue weighted by molar-refractivity contribution is -0.0330. The van der Waals surface area contributed by atoms with Crippen molar-refractivity contribution in [2.75, 3.05) is 6.61 Å². The van der Waals surface area contributed by atoms with Crippen LogP contribution in [0.3, 0.4) is 0 Å². The monoisotopic (exact) mass is 328 g/mol. The molecule has 106 valence electrons. The molecule has 0 bridgehead atoms. The first kappa shape index (κ1) is 14.8. The number of rotatable bonds is 4. The van der Waals surface area contributed by atoms with Crippen molar-refractivity contribution in [3.8, 4) is 5.75 Å². The zero-order chi connectivity index (χ0) is 14.0. The molecule has 0 radical (unpaired) electrons. The Morgan fingerprint density at radius 2 is 2.26 bits per heavy atom. The van der Waals surface area contributed by atoms with E-state index >= 15 is 0 Å². The first-order valence-electron chi connectivity index (χ1n) is 6.65. The molecule has 0 spiro atoms. The molecule has 0 aromatic heterocycles. The first-order chi connectivity index (χ1) is 8.87. The molecule has 0 aliphatic carbocycles. The van der Waals surface area contributed by atoms with Gasteiger partial charge in [-0.3, -0.25) is 0 Å². The zero-order valence-corrected chi connectivity index (χ0v) is 13.2. The molecular weight excluding hydrogens is 308 g/mol. The van der Waals surface area contributed by atoms with Crippen molar-refractivity contribution in [3.05, 3.63) is 28.2 Å². The summed E-state index contributed by atoms with van der Waals surface area (Å²) in [4.78, 5) is 0. The maximum Gasteiger partial charge on any atom is 0.126 e. The summed E-state index contributed by atoms with van der Waals surface area (Å²) in [7, 11) is 0. The van der Waals surface area contributed by atoms with Gasteiger partial charge in [-0.25, -0.2) is 0 Å². The van der Waals surface area contributed by atoms with Crippen molar-refractivity contribution in [3.63, 3.8) is 0 Å². The summed E-state index contributed by atoms with van der Waals surface area (Å²) in [5, 5.41) is 9.74. The topological polar surface area (TPSA) is 38.7 Å². The van der Waals surface area contributed by atoms with Crippen molar-refractivity contribution in [2.45, 2.75) is 51.4 Å². The highest BCUT2D eigenvalue weighted by molar-refractivity contribution is 9.10. The summed E-state index contributed by atoms with van der Waals surface area (Å²) in [6, 6.07) is 5.68. The second kappa shape index (κ2) is 5.81. The molecule has 1 unspecified atom stereocenters. The molecule has 1 heterocycles. The van der Waals surface area contributed by atoms with E-state index in [0.29, 0.717) is 6.61 Å². The van der Waals surface area contributed by atoms with Crippen molar-refractivity contribution in [1.29, 1.82) is 0 Å². The van der Waals surface area contributed by atoms with E-state index in [0.717, 1.165) is 28.6 Å². The number of hydrogen-bond acceptors (Lipinski definition) is 3. The van der Waals surface area contributed by atoms with Gasteiger partial charge in [0, 0.05) is 10.0 Å². The zero-order valence-electron chi connectivity index (χ0n) is 11.6. The Morgan fingerprint density at radius 3 is 2.84 bits per heavy atom. The molecule has 19 heavy (non-hydrogen) atoms. The second-order valence-corrected chi connectivity index (χ2v) is 6.62. The Kier molecular flexibility index (Phi) is 4.54. The van der Waals surface area contributed by atoms with Crippen LogP contribution in [0.4, 0.5) is 0 Å². The maximum atomic E-state index is 9.74. The summed E-state index contributed by atoms with van der Waals surface area (Å²) >= 11 is 3.42. The van der Waals surface area contributed by atoms with Crippen LogP contribution < -0.4 is 4.74 Å². The SMILES string of the molecule is C[C@@H](O)c1ccc(Br)cc1OCC1CCC(C)(C)O1. The summed E-state index contributed by atoms with van der Waals surface area (Å²) in [5.74, 6) is 0.720. The average Bonchev–Trinajstić information content (AvgIpc) is 2.66. The van der Waals surface area contributed by atoms with E-state index in [-0.39, 0.29) is 11.7 Å². The fraction of sp³-hybridized carbons (Fsp3) is 0.600. The normalized spacial score (nSPS) is 23.3. The van der Waals surface area contributed by atoms with Gasteiger partial charge >= 0.3 is 0 Å². The van der Waals surface area contributed by atoms with Crippen molar-refractivity contribution >= 4 is 15.9 Å². The van der Waals surface area contributed by atoms with Crippen LogP contribution in [0, 0.1) is 0 Å². The smallest absolute Gasteiger partial charge is 0.126 e. The Morgan fingerprint density at radius 1 is 1.53 bits per heavy atom. The number of benzene rings is 1. The predicted octanol–water partition coefficient (Wildman–Crippen LogP) is 3.84. The molecule has 4 heteroatoms. The number of aliphatic hydroxyl groups excluding tert-OH is 1. The average molecular weight is 329 g/mol. The van der Waals surface area contributed by atoms with E-state index in [1.165, 1.54) is 0 Å². The van der Waals surface area contributed by atoms with Crippen molar-refractivity contribution < 1.29 is 14.6 Å². The van der Waals surface area contributed by atoms with E-state index in [9.17, 15) is 5.11 Å². The third-order valence-corrected chi connectivity index (χ3v) is 3.90.